The third-order valence-corrected chi connectivity index (χ3v) is 4.54. The molecule has 1 aromatic carbocycles. The zero-order valence-corrected chi connectivity index (χ0v) is 12.0. The molecule has 3 heterocycles. The maximum atomic E-state index is 6.03. The molecule has 3 aliphatic heterocycles. The smallest absolute Gasteiger partial charge is 0.163 e. The Morgan fingerprint density at radius 2 is 1.95 bits per heavy atom. The summed E-state index contributed by atoms with van der Waals surface area (Å²) in [5.74, 6) is -0.462. The molecule has 0 amide bonds. The van der Waals surface area contributed by atoms with Gasteiger partial charge in [0.1, 0.15) is 6.10 Å². The molecular formula is C16H21NO3. The highest BCUT2D eigenvalue weighted by Crippen LogP contribution is 2.46. The molecule has 0 spiro atoms. The topological polar surface area (TPSA) is 30.9 Å². The monoisotopic (exact) mass is 275 g/mol. The molecule has 108 valence electrons. The molecule has 3 aliphatic rings. The molecule has 4 rings (SSSR count). The molecule has 3 fully saturated rings. The van der Waals surface area contributed by atoms with Crippen LogP contribution >= 0.6 is 0 Å². The van der Waals surface area contributed by atoms with E-state index in [9.17, 15) is 0 Å². The Bertz CT molecular complexity index is 490. The SMILES string of the molecule is CC1(C)OC[C@H]([C@@H]2C[C@H]3C[C@@H](c4ccccc4)N2O3)O1. The number of rotatable bonds is 2. The van der Waals surface area contributed by atoms with Gasteiger partial charge in [0.15, 0.2) is 5.79 Å². The van der Waals surface area contributed by atoms with Gasteiger partial charge >= 0.3 is 0 Å². The molecule has 4 heteroatoms. The summed E-state index contributed by atoms with van der Waals surface area (Å²) in [5.41, 5.74) is 1.33. The lowest BCUT2D eigenvalue weighted by atomic mass is 9.91. The number of hydrogen-bond acceptors (Lipinski definition) is 4. The van der Waals surface area contributed by atoms with Crippen LogP contribution < -0.4 is 0 Å². The molecule has 2 bridgehead atoms. The van der Waals surface area contributed by atoms with Gasteiger partial charge in [-0.1, -0.05) is 30.3 Å². The highest BCUT2D eigenvalue weighted by molar-refractivity contribution is 5.21. The minimum Gasteiger partial charge on any atom is -0.348 e. The number of piperidine rings is 1. The van der Waals surface area contributed by atoms with Crippen molar-refractivity contribution in [1.29, 1.82) is 0 Å². The van der Waals surface area contributed by atoms with Crippen LogP contribution in [0.15, 0.2) is 30.3 Å². The molecule has 0 aromatic heterocycles. The second kappa shape index (κ2) is 4.53. The number of hydrogen-bond donors (Lipinski definition) is 0. The van der Waals surface area contributed by atoms with E-state index in [1.165, 1.54) is 5.56 Å². The summed E-state index contributed by atoms with van der Waals surface area (Å²) in [4.78, 5) is 6.03. The first-order valence-electron chi connectivity index (χ1n) is 7.44. The van der Waals surface area contributed by atoms with Crippen LogP contribution in [0, 0.1) is 0 Å². The summed E-state index contributed by atoms with van der Waals surface area (Å²) < 4.78 is 11.7. The molecule has 0 aliphatic carbocycles. The first-order valence-corrected chi connectivity index (χ1v) is 7.44. The lowest BCUT2D eigenvalue weighted by Gasteiger charge is -2.32. The number of fused-ring (bicyclic) bond motifs is 2. The van der Waals surface area contributed by atoms with Crippen LogP contribution in [0.4, 0.5) is 0 Å². The molecule has 5 atom stereocenters. The second-order valence-electron chi connectivity index (χ2n) is 6.42. The summed E-state index contributed by atoms with van der Waals surface area (Å²) >= 11 is 0. The lowest BCUT2D eigenvalue weighted by Crippen LogP contribution is -2.43. The Morgan fingerprint density at radius 3 is 2.60 bits per heavy atom. The molecule has 0 N–H and O–H groups in total. The minimum atomic E-state index is -0.462. The van der Waals surface area contributed by atoms with E-state index in [2.05, 4.69) is 35.4 Å². The van der Waals surface area contributed by atoms with Crippen molar-refractivity contribution in [3.63, 3.8) is 0 Å². The molecule has 1 unspecified atom stereocenters. The zero-order chi connectivity index (χ0) is 13.7. The molecule has 1 aromatic rings. The summed E-state index contributed by atoms with van der Waals surface area (Å²) in [6.07, 6.45) is 2.57. The van der Waals surface area contributed by atoms with E-state index in [1.54, 1.807) is 0 Å². The van der Waals surface area contributed by atoms with Gasteiger partial charge in [0.2, 0.25) is 0 Å². The Balaban J connectivity index is 1.54. The van der Waals surface area contributed by atoms with Crippen LogP contribution in [0.2, 0.25) is 0 Å². The highest BCUT2D eigenvalue weighted by atomic mass is 16.8. The van der Waals surface area contributed by atoms with Gasteiger partial charge in [-0.15, -0.1) is 0 Å². The van der Waals surface area contributed by atoms with E-state index >= 15 is 0 Å². The van der Waals surface area contributed by atoms with E-state index in [-0.39, 0.29) is 6.10 Å². The van der Waals surface area contributed by atoms with Crippen molar-refractivity contribution in [2.45, 2.75) is 56.8 Å². The highest BCUT2D eigenvalue weighted by Gasteiger charge is 2.52. The van der Waals surface area contributed by atoms with Crippen molar-refractivity contribution < 1.29 is 14.3 Å². The Hall–Kier alpha value is -0.940. The first kappa shape index (κ1) is 12.8. The summed E-state index contributed by atoms with van der Waals surface area (Å²) in [7, 11) is 0. The van der Waals surface area contributed by atoms with E-state index in [1.807, 2.05) is 13.8 Å². The van der Waals surface area contributed by atoms with Gasteiger partial charge in [-0.05, 0) is 32.3 Å². The van der Waals surface area contributed by atoms with E-state index in [4.69, 9.17) is 14.3 Å². The number of nitrogens with zero attached hydrogens (tertiary/aromatic N) is 1. The van der Waals surface area contributed by atoms with Crippen LogP contribution in [0.25, 0.3) is 0 Å². The summed E-state index contributed by atoms with van der Waals surface area (Å²) in [6.45, 7) is 4.61. The fraction of sp³-hybridized carbons (Fsp3) is 0.625. The maximum absolute atomic E-state index is 6.03. The van der Waals surface area contributed by atoms with E-state index in [0.29, 0.717) is 24.8 Å². The van der Waals surface area contributed by atoms with Crippen LogP contribution in [-0.4, -0.2) is 35.7 Å². The fourth-order valence-electron chi connectivity index (χ4n) is 3.64. The Morgan fingerprint density at radius 1 is 1.15 bits per heavy atom. The van der Waals surface area contributed by atoms with Crippen molar-refractivity contribution in [2.75, 3.05) is 6.61 Å². The van der Waals surface area contributed by atoms with Crippen molar-refractivity contribution in [3.05, 3.63) is 35.9 Å². The third-order valence-electron chi connectivity index (χ3n) is 4.54. The van der Waals surface area contributed by atoms with E-state index < -0.39 is 5.79 Å². The average Bonchev–Trinajstić information content (AvgIpc) is 3.12. The van der Waals surface area contributed by atoms with Gasteiger partial charge in [0.05, 0.1) is 24.8 Å². The third kappa shape index (κ3) is 2.07. The van der Waals surface area contributed by atoms with Crippen molar-refractivity contribution in [2.24, 2.45) is 0 Å². The van der Waals surface area contributed by atoms with Crippen molar-refractivity contribution in [3.8, 4) is 0 Å². The molecule has 0 radical (unpaired) electrons. The number of benzene rings is 1. The normalized spacial score (nSPS) is 42.2. The van der Waals surface area contributed by atoms with Gasteiger partial charge in [-0.3, -0.25) is 4.84 Å². The predicted octanol–water partition coefficient (Wildman–Crippen LogP) is 2.66. The first-order chi connectivity index (χ1) is 9.62. The van der Waals surface area contributed by atoms with Crippen molar-refractivity contribution >= 4 is 0 Å². The van der Waals surface area contributed by atoms with Gasteiger partial charge in [-0.25, -0.2) is 0 Å². The molecule has 3 saturated heterocycles. The standard InChI is InChI=1S/C16H21NO3/c1-16(2)18-10-15(19-16)14-9-12-8-13(17(14)20-12)11-6-4-3-5-7-11/h3-7,12-15H,8-10H2,1-2H3/t12-,13+,14+,15-/m1/s1. The average molecular weight is 275 g/mol. The molecule has 0 saturated carbocycles. The molecule has 4 nitrogen and oxygen atoms in total. The van der Waals surface area contributed by atoms with Crippen molar-refractivity contribution in [1.82, 2.24) is 5.06 Å². The maximum Gasteiger partial charge on any atom is 0.163 e. The summed E-state index contributed by atoms with van der Waals surface area (Å²) in [5, 5.41) is 2.16. The largest absolute Gasteiger partial charge is 0.348 e. The zero-order valence-electron chi connectivity index (χ0n) is 12.0. The van der Waals surface area contributed by atoms with Crippen LogP contribution in [0.1, 0.15) is 38.3 Å². The minimum absolute atomic E-state index is 0.113. The van der Waals surface area contributed by atoms with Crippen LogP contribution in [-0.2, 0) is 14.3 Å². The molecule has 20 heavy (non-hydrogen) atoms. The second-order valence-corrected chi connectivity index (χ2v) is 6.42. The number of hydroxylamine groups is 2. The van der Waals surface area contributed by atoms with E-state index in [0.717, 1.165) is 12.8 Å². The predicted molar refractivity (Wildman–Crippen MR) is 73.8 cm³/mol. The van der Waals surface area contributed by atoms with Gasteiger partial charge < -0.3 is 9.47 Å². The van der Waals surface area contributed by atoms with Gasteiger partial charge in [0.25, 0.3) is 0 Å². The van der Waals surface area contributed by atoms with Gasteiger partial charge in [0, 0.05) is 0 Å². The van der Waals surface area contributed by atoms with Crippen LogP contribution in [0.5, 0.6) is 0 Å². The Kier molecular flexibility index (Phi) is 2.89. The Labute approximate surface area is 119 Å². The lowest BCUT2D eigenvalue weighted by molar-refractivity contribution is -0.178. The number of ether oxygens (including phenoxy) is 2. The van der Waals surface area contributed by atoms with Crippen LogP contribution in [0.3, 0.4) is 0 Å². The van der Waals surface area contributed by atoms with Gasteiger partial charge in [-0.2, -0.15) is 5.06 Å². The molecular weight excluding hydrogens is 254 g/mol. The quantitative estimate of drug-likeness (QED) is 0.830. The summed E-state index contributed by atoms with van der Waals surface area (Å²) in [6, 6.07) is 11.3. The fourth-order valence-corrected chi connectivity index (χ4v) is 3.64.